The Kier molecular flexibility index (Phi) is 4.66. The molecule has 0 radical (unpaired) electrons. The number of carbonyl (C=O) groups is 1. The van der Waals surface area contributed by atoms with Crippen LogP contribution < -0.4 is 10.1 Å². The van der Waals surface area contributed by atoms with Crippen LogP contribution in [-0.4, -0.2) is 23.1 Å². The summed E-state index contributed by atoms with van der Waals surface area (Å²) in [6.07, 6.45) is 0. The Bertz CT molecular complexity index is 946. The molecule has 0 aliphatic heterocycles. The van der Waals surface area contributed by atoms with Crippen molar-refractivity contribution >= 4 is 17.4 Å². The molecule has 3 aromatic rings. The van der Waals surface area contributed by atoms with Gasteiger partial charge in [-0.3, -0.25) is 14.9 Å². The molecule has 0 atom stereocenters. The lowest BCUT2D eigenvalue weighted by molar-refractivity contribution is -0.384. The second-order valence-electron chi connectivity index (χ2n) is 5.45. The number of non-ortho nitro benzene ring substituents is 1. The molecule has 8 nitrogen and oxygen atoms in total. The minimum atomic E-state index is -0.476. The molecule has 0 saturated heterocycles. The van der Waals surface area contributed by atoms with Crippen molar-refractivity contribution in [3.05, 3.63) is 58.6 Å². The molecule has 1 N–H and O–H groups in total. The van der Waals surface area contributed by atoms with Crippen molar-refractivity contribution in [2.75, 3.05) is 12.4 Å². The van der Waals surface area contributed by atoms with Gasteiger partial charge in [0.1, 0.15) is 5.75 Å². The van der Waals surface area contributed by atoms with E-state index < -0.39 is 4.92 Å². The van der Waals surface area contributed by atoms with Crippen molar-refractivity contribution in [1.82, 2.24) is 5.16 Å². The summed E-state index contributed by atoms with van der Waals surface area (Å²) in [6.45, 7) is 1.36. The standard InChI is InChI=1S/C18H15N3O5/c1-11(22)19-18-16(12-3-7-14(8-4-12)21(23)24)17(26-20-18)13-5-9-15(25-2)10-6-13/h3-10H,1-2H3,(H,19,20,22). The normalized spacial score (nSPS) is 10.4. The average molecular weight is 353 g/mol. The van der Waals surface area contributed by atoms with Crippen LogP contribution in [0.15, 0.2) is 53.1 Å². The minimum Gasteiger partial charge on any atom is -0.497 e. The zero-order chi connectivity index (χ0) is 18.7. The van der Waals surface area contributed by atoms with Gasteiger partial charge in [0.25, 0.3) is 5.69 Å². The molecule has 0 aliphatic carbocycles. The number of nitro benzene ring substituents is 1. The number of methoxy groups -OCH3 is 1. The first-order valence-corrected chi connectivity index (χ1v) is 7.66. The Hall–Kier alpha value is -3.68. The maximum Gasteiger partial charge on any atom is 0.269 e. The summed E-state index contributed by atoms with van der Waals surface area (Å²) in [5.41, 5.74) is 1.87. The van der Waals surface area contributed by atoms with Crippen LogP contribution in [0.3, 0.4) is 0 Å². The highest BCUT2D eigenvalue weighted by Gasteiger charge is 2.21. The number of amides is 1. The number of hydrogen-bond acceptors (Lipinski definition) is 6. The molecule has 1 aromatic heterocycles. The van der Waals surface area contributed by atoms with Crippen LogP contribution in [0.1, 0.15) is 6.92 Å². The molecule has 0 saturated carbocycles. The molecule has 1 heterocycles. The lowest BCUT2D eigenvalue weighted by Crippen LogP contribution is -2.07. The van der Waals surface area contributed by atoms with Gasteiger partial charge in [0.2, 0.25) is 5.91 Å². The van der Waals surface area contributed by atoms with Crippen molar-refractivity contribution < 1.29 is 19.0 Å². The van der Waals surface area contributed by atoms with E-state index in [0.717, 1.165) is 5.56 Å². The number of nitro groups is 1. The average Bonchev–Trinajstić information content (AvgIpc) is 3.04. The summed E-state index contributed by atoms with van der Waals surface area (Å²) in [6, 6.07) is 13.1. The second-order valence-corrected chi connectivity index (χ2v) is 5.45. The van der Waals surface area contributed by atoms with Crippen LogP contribution in [0.4, 0.5) is 11.5 Å². The fourth-order valence-electron chi connectivity index (χ4n) is 2.50. The molecular weight excluding hydrogens is 338 g/mol. The molecule has 3 rings (SSSR count). The number of rotatable bonds is 5. The van der Waals surface area contributed by atoms with E-state index in [1.165, 1.54) is 19.1 Å². The number of benzene rings is 2. The van der Waals surface area contributed by atoms with Gasteiger partial charge in [-0.2, -0.15) is 0 Å². The maximum atomic E-state index is 11.5. The summed E-state index contributed by atoms with van der Waals surface area (Å²) in [7, 11) is 1.57. The summed E-state index contributed by atoms with van der Waals surface area (Å²) < 4.78 is 10.6. The van der Waals surface area contributed by atoms with Gasteiger partial charge in [-0.1, -0.05) is 5.16 Å². The monoisotopic (exact) mass is 353 g/mol. The topological polar surface area (TPSA) is 108 Å². The zero-order valence-electron chi connectivity index (χ0n) is 14.1. The van der Waals surface area contributed by atoms with Gasteiger partial charge in [0.15, 0.2) is 11.6 Å². The van der Waals surface area contributed by atoms with E-state index in [1.807, 2.05) is 0 Å². The summed E-state index contributed by atoms with van der Waals surface area (Å²) in [4.78, 5) is 21.9. The van der Waals surface area contributed by atoms with Crippen molar-refractivity contribution in [3.63, 3.8) is 0 Å². The van der Waals surface area contributed by atoms with Crippen molar-refractivity contribution in [2.24, 2.45) is 0 Å². The van der Waals surface area contributed by atoms with E-state index in [4.69, 9.17) is 9.26 Å². The molecule has 0 fully saturated rings. The van der Waals surface area contributed by atoms with Gasteiger partial charge in [-0.25, -0.2) is 0 Å². The Morgan fingerprint density at radius 1 is 1.12 bits per heavy atom. The van der Waals surface area contributed by atoms with Gasteiger partial charge >= 0.3 is 0 Å². The summed E-state index contributed by atoms with van der Waals surface area (Å²) in [5.74, 6) is 1.07. The van der Waals surface area contributed by atoms with Crippen LogP contribution in [0.25, 0.3) is 22.5 Å². The predicted octanol–water partition coefficient (Wildman–Crippen LogP) is 3.88. The van der Waals surface area contributed by atoms with Gasteiger partial charge < -0.3 is 14.6 Å². The first kappa shape index (κ1) is 17.2. The fraction of sp³-hybridized carbons (Fsp3) is 0.111. The zero-order valence-corrected chi connectivity index (χ0v) is 14.1. The number of anilines is 1. The number of aromatic nitrogens is 1. The maximum absolute atomic E-state index is 11.5. The number of carbonyl (C=O) groups excluding carboxylic acids is 1. The molecule has 0 unspecified atom stereocenters. The van der Waals surface area contributed by atoms with E-state index in [1.54, 1.807) is 43.5 Å². The van der Waals surface area contributed by atoms with E-state index in [-0.39, 0.29) is 17.4 Å². The van der Waals surface area contributed by atoms with Crippen molar-refractivity contribution in [3.8, 4) is 28.2 Å². The summed E-state index contributed by atoms with van der Waals surface area (Å²) >= 11 is 0. The lowest BCUT2D eigenvalue weighted by atomic mass is 10.0. The number of nitrogens with one attached hydrogen (secondary N) is 1. The molecule has 8 heteroatoms. The van der Waals surface area contributed by atoms with E-state index >= 15 is 0 Å². The van der Waals surface area contributed by atoms with Crippen LogP contribution in [-0.2, 0) is 4.79 Å². The Labute approximate surface area is 148 Å². The molecule has 26 heavy (non-hydrogen) atoms. The highest BCUT2D eigenvalue weighted by molar-refractivity contribution is 5.96. The Morgan fingerprint density at radius 3 is 2.27 bits per heavy atom. The predicted molar refractivity (Wildman–Crippen MR) is 94.9 cm³/mol. The first-order valence-electron chi connectivity index (χ1n) is 7.66. The van der Waals surface area contributed by atoms with E-state index in [9.17, 15) is 14.9 Å². The third kappa shape index (κ3) is 3.39. The first-order chi connectivity index (χ1) is 12.5. The van der Waals surface area contributed by atoms with Crippen LogP contribution in [0.2, 0.25) is 0 Å². The van der Waals surface area contributed by atoms with E-state index in [0.29, 0.717) is 22.6 Å². The number of ether oxygens (including phenoxy) is 1. The van der Waals surface area contributed by atoms with Crippen molar-refractivity contribution in [1.29, 1.82) is 0 Å². The highest BCUT2D eigenvalue weighted by atomic mass is 16.6. The Morgan fingerprint density at radius 2 is 1.73 bits per heavy atom. The van der Waals surface area contributed by atoms with Crippen LogP contribution >= 0.6 is 0 Å². The third-order valence-corrected chi connectivity index (χ3v) is 3.71. The SMILES string of the molecule is COc1ccc(-c2onc(NC(C)=O)c2-c2ccc([N+](=O)[O-])cc2)cc1. The fourth-order valence-corrected chi connectivity index (χ4v) is 2.50. The van der Waals surface area contributed by atoms with E-state index in [2.05, 4.69) is 10.5 Å². The highest BCUT2D eigenvalue weighted by Crippen LogP contribution is 2.38. The molecule has 0 aliphatic rings. The molecule has 0 bridgehead atoms. The third-order valence-electron chi connectivity index (χ3n) is 3.71. The second kappa shape index (κ2) is 7.06. The number of hydrogen-bond donors (Lipinski definition) is 1. The molecular formula is C18H15N3O5. The van der Waals surface area contributed by atoms with Crippen LogP contribution in [0, 0.1) is 10.1 Å². The van der Waals surface area contributed by atoms with Gasteiger partial charge in [0, 0.05) is 24.6 Å². The molecule has 132 valence electrons. The minimum absolute atomic E-state index is 0.0303. The number of nitrogens with zero attached hydrogens (tertiary/aromatic N) is 2. The smallest absolute Gasteiger partial charge is 0.269 e. The lowest BCUT2D eigenvalue weighted by Gasteiger charge is -2.06. The summed E-state index contributed by atoms with van der Waals surface area (Å²) in [5, 5.41) is 17.4. The van der Waals surface area contributed by atoms with Crippen LogP contribution in [0.5, 0.6) is 5.75 Å². The van der Waals surface area contributed by atoms with Gasteiger partial charge in [-0.05, 0) is 42.0 Å². The van der Waals surface area contributed by atoms with Gasteiger partial charge in [-0.15, -0.1) is 0 Å². The van der Waals surface area contributed by atoms with Gasteiger partial charge in [0.05, 0.1) is 17.6 Å². The molecule has 0 spiro atoms. The Balaban J connectivity index is 2.11. The van der Waals surface area contributed by atoms with Crippen molar-refractivity contribution in [2.45, 2.75) is 6.92 Å². The largest absolute Gasteiger partial charge is 0.497 e. The quantitative estimate of drug-likeness (QED) is 0.551. The molecule has 1 amide bonds. The molecule has 2 aromatic carbocycles.